The van der Waals surface area contributed by atoms with E-state index in [-0.39, 0.29) is 5.54 Å². The van der Waals surface area contributed by atoms with Gasteiger partial charge < -0.3 is 10.5 Å². The van der Waals surface area contributed by atoms with E-state index >= 15 is 0 Å². The Kier molecular flexibility index (Phi) is 3.85. The molecule has 0 amide bonds. The van der Waals surface area contributed by atoms with Crippen molar-refractivity contribution in [1.29, 1.82) is 0 Å². The Bertz CT molecular complexity index is 412. The molecule has 1 heterocycles. The maximum atomic E-state index is 6.27. The van der Waals surface area contributed by atoms with Crippen molar-refractivity contribution in [2.24, 2.45) is 5.73 Å². The van der Waals surface area contributed by atoms with E-state index in [1.807, 2.05) is 13.0 Å². The zero-order chi connectivity index (χ0) is 13.2. The fourth-order valence-electron chi connectivity index (χ4n) is 2.34. The highest BCUT2D eigenvalue weighted by Crippen LogP contribution is 2.27. The van der Waals surface area contributed by atoms with Crippen LogP contribution in [-0.2, 0) is 0 Å². The molecule has 18 heavy (non-hydrogen) atoms. The van der Waals surface area contributed by atoms with E-state index < -0.39 is 0 Å². The Labute approximate surface area is 109 Å². The second kappa shape index (κ2) is 5.22. The number of hydrogen-bond acceptors (Lipinski definition) is 4. The molecule has 4 heteroatoms. The summed E-state index contributed by atoms with van der Waals surface area (Å²) in [5, 5.41) is 0. The molecule has 0 aliphatic heterocycles. The lowest BCUT2D eigenvalue weighted by molar-refractivity contribution is 0.212. The molecule has 4 nitrogen and oxygen atoms in total. The number of nitrogens with two attached hydrogens (primary N) is 1. The van der Waals surface area contributed by atoms with Gasteiger partial charge in [-0.15, -0.1) is 0 Å². The molecule has 0 bridgehead atoms. The first-order valence-corrected chi connectivity index (χ1v) is 6.76. The third kappa shape index (κ3) is 3.19. The first-order valence-electron chi connectivity index (χ1n) is 6.76. The van der Waals surface area contributed by atoms with Crippen molar-refractivity contribution in [2.75, 3.05) is 6.61 Å². The Balaban J connectivity index is 2.04. The smallest absolute Gasteiger partial charge is 0.216 e. The van der Waals surface area contributed by atoms with Crippen molar-refractivity contribution >= 4 is 0 Å². The van der Waals surface area contributed by atoms with Crippen LogP contribution in [0.4, 0.5) is 0 Å². The van der Waals surface area contributed by atoms with Gasteiger partial charge in [0.1, 0.15) is 12.4 Å². The topological polar surface area (TPSA) is 61.0 Å². The fraction of sp³-hybridized carbons (Fsp3) is 0.714. The summed E-state index contributed by atoms with van der Waals surface area (Å²) in [7, 11) is 0. The average Bonchev–Trinajstić information content (AvgIpc) is 2.73. The number of hydrogen-bond donors (Lipinski definition) is 1. The monoisotopic (exact) mass is 249 g/mol. The summed E-state index contributed by atoms with van der Waals surface area (Å²) in [4.78, 5) is 8.84. The summed E-state index contributed by atoms with van der Waals surface area (Å²) in [5.41, 5.74) is 7.06. The number of ether oxygens (including phenoxy) is 1. The Morgan fingerprint density at radius 2 is 2.00 bits per heavy atom. The van der Waals surface area contributed by atoms with Crippen LogP contribution in [0.25, 0.3) is 0 Å². The van der Waals surface area contributed by atoms with Gasteiger partial charge in [0, 0.05) is 17.7 Å². The molecule has 0 unspecified atom stereocenters. The van der Waals surface area contributed by atoms with Crippen molar-refractivity contribution in [2.45, 2.75) is 57.9 Å². The number of nitrogens with zero attached hydrogens (tertiary/aromatic N) is 2. The molecule has 0 radical (unpaired) electrons. The highest BCUT2D eigenvalue weighted by atomic mass is 16.5. The van der Waals surface area contributed by atoms with Crippen LogP contribution in [0.1, 0.15) is 57.0 Å². The quantitative estimate of drug-likeness (QED) is 0.891. The molecule has 1 aromatic rings. The molecule has 2 N–H and O–H groups in total. The third-order valence-corrected chi connectivity index (χ3v) is 3.47. The molecule has 2 rings (SSSR count). The minimum Gasteiger partial charge on any atom is -0.476 e. The second-order valence-electron chi connectivity index (χ2n) is 5.72. The largest absolute Gasteiger partial charge is 0.476 e. The second-order valence-corrected chi connectivity index (χ2v) is 5.72. The first kappa shape index (κ1) is 13.3. The molecular formula is C14H23N3O. The first-order chi connectivity index (χ1) is 8.48. The Hall–Kier alpha value is -1.16. The SMILES string of the molecule is Cc1cc(OCC2(N)CCCC2)nc(C(C)C)n1. The van der Waals surface area contributed by atoms with Crippen LogP contribution < -0.4 is 10.5 Å². The van der Waals surface area contributed by atoms with Gasteiger partial charge in [0.2, 0.25) is 5.88 Å². The highest BCUT2D eigenvalue weighted by molar-refractivity contribution is 5.17. The maximum Gasteiger partial charge on any atom is 0.216 e. The van der Waals surface area contributed by atoms with E-state index in [0.717, 1.165) is 24.4 Å². The van der Waals surface area contributed by atoms with Crippen LogP contribution in [0.5, 0.6) is 5.88 Å². The van der Waals surface area contributed by atoms with Crippen LogP contribution in [0.3, 0.4) is 0 Å². The molecule has 1 aromatic heterocycles. The van der Waals surface area contributed by atoms with Gasteiger partial charge in [-0.1, -0.05) is 26.7 Å². The molecule has 1 fully saturated rings. The summed E-state index contributed by atoms with van der Waals surface area (Å²) < 4.78 is 5.79. The van der Waals surface area contributed by atoms with E-state index in [9.17, 15) is 0 Å². The molecule has 1 aliphatic carbocycles. The van der Waals surface area contributed by atoms with Crippen molar-refractivity contribution < 1.29 is 4.74 Å². The van der Waals surface area contributed by atoms with Crippen molar-refractivity contribution in [1.82, 2.24) is 9.97 Å². The third-order valence-electron chi connectivity index (χ3n) is 3.47. The van der Waals surface area contributed by atoms with Crippen molar-refractivity contribution in [3.63, 3.8) is 0 Å². The van der Waals surface area contributed by atoms with E-state index in [0.29, 0.717) is 18.4 Å². The summed E-state index contributed by atoms with van der Waals surface area (Å²) in [6.07, 6.45) is 4.52. The number of rotatable bonds is 4. The van der Waals surface area contributed by atoms with Crippen LogP contribution in [0.15, 0.2) is 6.07 Å². The lowest BCUT2D eigenvalue weighted by atomic mass is 10.0. The van der Waals surface area contributed by atoms with Crippen LogP contribution in [0.2, 0.25) is 0 Å². The molecule has 0 atom stereocenters. The summed E-state index contributed by atoms with van der Waals surface area (Å²) in [5.74, 6) is 1.80. The van der Waals surface area contributed by atoms with Gasteiger partial charge >= 0.3 is 0 Å². The van der Waals surface area contributed by atoms with Gasteiger partial charge in [-0.3, -0.25) is 0 Å². The number of aryl methyl sites for hydroxylation is 1. The predicted octanol–water partition coefficient (Wildman–Crippen LogP) is 2.56. The van der Waals surface area contributed by atoms with Crippen LogP contribution in [-0.4, -0.2) is 22.1 Å². The van der Waals surface area contributed by atoms with E-state index in [1.165, 1.54) is 12.8 Å². The Morgan fingerprint density at radius 1 is 1.33 bits per heavy atom. The molecule has 0 spiro atoms. The van der Waals surface area contributed by atoms with Crippen LogP contribution >= 0.6 is 0 Å². The van der Waals surface area contributed by atoms with Crippen molar-refractivity contribution in [3.8, 4) is 5.88 Å². The highest BCUT2D eigenvalue weighted by Gasteiger charge is 2.30. The summed E-state index contributed by atoms with van der Waals surface area (Å²) >= 11 is 0. The molecular weight excluding hydrogens is 226 g/mol. The average molecular weight is 249 g/mol. The Morgan fingerprint density at radius 3 is 2.61 bits per heavy atom. The minimum absolute atomic E-state index is 0.156. The summed E-state index contributed by atoms with van der Waals surface area (Å²) in [6, 6.07) is 1.88. The lowest BCUT2D eigenvalue weighted by Crippen LogP contribution is -2.42. The van der Waals surface area contributed by atoms with Gasteiger partial charge in [-0.25, -0.2) is 4.98 Å². The van der Waals surface area contributed by atoms with E-state index in [2.05, 4.69) is 23.8 Å². The van der Waals surface area contributed by atoms with Crippen LogP contribution in [0, 0.1) is 6.92 Å². The zero-order valence-electron chi connectivity index (χ0n) is 11.6. The number of aromatic nitrogens is 2. The fourth-order valence-corrected chi connectivity index (χ4v) is 2.34. The van der Waals surface area contributed by atoms with Gasteiger partial charge in [-0.05, 0) is 19.8 Å². The molecule has 0 saturated heterocycles. The van der Waals surface area contributed by atoms with Gasteiger partial charge in [-0.2, -0.15) is 4.98 Å². The predicted molar refractivity (Wildman–Crippen MR) is 71.7 cm³/mol. The molecule has 1 aliphatic rings. The zero-order valence-corrected chi connectivity index (χ0v) is 11.6. The van der Waals surface area contributed by atoms with Gasteiger partial charge in [0.25, 0.3) is 0 Å². The molecule has 0 aromatic carbocycles. The maximum absolute atomic E-state index is 6.27. The van der Waals surface area contributed by atoms with E-state index in [1.54, 1.807) is 0 Å². The standard InChI is InChI=1S/C14H23N3O/c1-10(2)13-16-11(3)8-12(17-13)18-9-14(15)6-4-5-7-14/h8,10H,4-7,9,15H2,1-3H3. The summed E-state index contributed by atoms with van der Waals surface area (Å²) in [6.45, 7) is 6.69. The molecule has 1 saturated carbocycles. The lowest BCUT2D eigenvalue weighted by Gasteiger charge is -2.23. The van der Waals surface area contributed by atoms with E-state index in [4.69, 9.17) is 10.5 Å². The van der Waals surface area contributed by atoms with Gasteiger partial charge in [0.05, 0.1) is 5.54 Å². The normalized spacial score (nSPS) is 18.3. The van der Waals surface area contributed by atoms with Gasteiger partial charge in [0.15, 0.2) is 0 Å². The van der Waals surface area contributed by atoms with Crippen molar-refractivity contribution in [3.05, 3.63) is 17.6 Å². The molecule has 100 valence electrons. The minimum atomic E-state index is -0.156.